The Bertz CT molecular complexity index is 393. The molecule has 11 heavy (non-hydrogen) atoms. The molecular weight excluding hydrogens is 206 g/mol. The zero-order chi connectivity index (χ0) is 7.84. The average molecular weight is 212 g/mol. The highest BCUT2D eigenvalue weighted by Gasteiger charge is 2.01. The Labute approximate surface area is 72.2 Å². The molecule has 0 saturated heterocycles. The summed E-state index contributed by atoms with van der Waals surface area (Å²) in [4.78, 5) is 0. The molecule has 0 saturated carbocycles. The van der Waals surface area contributed by atoms with Crippen LogP contribution in [0.3, 0.4) is 0 Å². The number of aryl methyl sites for hydroxylation is 1. The first kappa shape index (κ1) is 6.79. The van der Waals surface area contributed by atoms with E-state index in [1.54, 1.807) is 0 Å². The van der Waals surface area contributed by atoms with E-state index in [4.69, 9.17) is 0 Å². The van der Waals surface area contributed by atoms with Crippen molar-refractivity contribution in [1.82, 2.24) is 14.6 Å². The molecule has 2 aromatic heterocycles. The summed E-state index contributed by atoms with van der Waals surface area (Å²) in [5.74, 6) is 0.904. The summed E-state index contributed by atoms with van der Waals surface area (Å²) in [6.07, 6.45) is 1.94. The van der Waals surface area contributed by atoms with Gasteiger partial charge >= 0.3 is 0 Å². The first-order valence-electron chi connectivity index (χ1n) is 3.25. The fraction of sp³-hybridized carbons (Fsp3) is 0.143. The van der Waals surface area contributed by atoms with Crippen molar-refractivity contribution in [1.29, 1.82) is 0 Å². The van der Waals surface area contributed by atoms with E-state index in [9.17, 15) is 0 Å². The molecule has 0 aliphatic rings. The smallest absolute Gasteiger partial charge is 0.175 e. The molecule has 0 aliphatic heterocycles. The molecule has 2 aromatic rings. The van der Waals surface area contributed by atoms with E-state index in [2.05, 4.69) is 26.1 Å². The molecule has 0 bridgehead atoms. The van der Waals surface area contributed by atoms with Crippen LogP contribution >= 0.6 is 15.9 Å². The Hall–Kier alpha value is -0.900. The van der Waals surface area contributed by atoms with Crippen LogP contribution in [0.1, 0.15) is 5.82 Å². The van der Waals surface area contributed by atoms with Gasteiger partial charge in [0, 0.05) is 6.20 Å². The zero-order valence-electron chi connectivity index (χ0n) is 5.95. The van der Waals surface area contributed by atoms with E-state index >= 15 is 0 Å². The number of hydrogen-bond acceptors (Lipinski definition) is 2. The molecular formula is C7H6BrN3. The molecule has 0 unspecified atom stereocenters. The fourth-order valence-electron chi connectivity index (χ4n) is 0.999. The Morgan fingerprint density at radius 3 is 3.00 bits per heavy atom. The van der Waals surface area contributed by atoms with E-state index in [1.165, 1.54) is 0 Å². The molecule has 4 heteroatoms. The van der Waals surface area contributed by atoms with Crippen LogP contribution < -0.4 is 0 Å². The van der Waals surface area contributed by atoms with Gasteiger partial charge in [-0.3, -0.25) is 4.40 Å². The third-order valence-corrected chi connectivity index (χ3v) is 2.18. The van der Waals surface area contributed by atoms with E-state index < -0.39 is 0 Å². The van der Waals surface area contributed by atoms with Gasteiger partial charge in [-0.15, -0.1) is 10.2 Å². The van der Waals surface area contributed by atoms with Gasteiger partial charge in [0.15, 0.2) is 5.65 Å². The van der Waals surface area contributed by atoms with Crippen LogP contribution in [-0.4, -0.2) is 14.6 Å². The highest BCUT2D eigenvalue weighted by Crippen LogP contribution is 2.15. The van der Waals surface area contributed by atoms with Gasteiger partial charge < -0.3 is 0 Å². The van der Waals surface area contributed by atoms with Crippen LogP contribution in [0.25, 0.3) is 5.65 Å². The van der Waals surface area contributed by atoms with Gasteiger partial charge in [-0.05, 0) is 35.0 Å². The maximum absolute atomic E-state index is 3.98. The lowest BCUT2D eigenvalue weighted by Crippen LogP contribution is -1.86. The molecule has 56 valence electrons. The van der Waals surface area contributed by atoms with Gasteiger partial charge in [0.1, 0.15) is 5.82 Å². The topological polar surface area (TPSA) is 30.2 Å². The lowest BCUT2D eigenvalue weighted by Gasteiger charge is -1.93. The Morgan fingerprint density at radius 2 is 2.27 bits per heavy atom. The molecule has 0 N–H and O–H groups in total. The maximum atomic E-state index is 3.98. The van der Waals surface area contributed by atoms with Gasteiger partial charge in [-0.2, -0.15) is 0 Å². The summed E-state index contributed by atoms with van der Waals surface area (Å²) in [6, 6.07) is 3.90. The van der Waals surface area contributed by atoms with Crippen molar-refractivity contribution in [2.75, 3.05) is 0 Å². The summed E-state index contributed by atoms with van der Waals surface area (Å²) in [5.41, 5.74) is 0.866. The van der Waals surface area contributed by atoms with Gasteiger partial charge in [0.2, 0.25) is 0 Å². The van der Waals surface area contributed by atoms with Crippen LogP contribution in [0.4, 0.5) is 0 Å². The van der Waals surface area contributed by atoms with Crippen LogP contribution in [0.15, 0.2) is 22.8 Å². The summed E-state index contributed by atoms with van der Waals surface area (Å²) >= 11 is 3.39. The van der Waals surface area contributed by atoms with Crippen molar-refractivity contribution in [3.8, 4) is 0 Å². The van der Waals surface area contributed by atoms with Crippen LogP contribution in [0, 0.1) is 6.92 Å². The molecule has 0 fully saturated rings. The number of rotatable bonds is 0. The van der Waals surface area contributed by atoms with Crippen LogP contribution in [-0.2, 0) is 0 Å². The Morgan fingerprint density at radius 1 is 1.45 bits per heavy atom. The number of aromatic nitrogens is 3. The molecule has 0 atom stereocenters. The second-order valence-electron chi connectivity index (χ2n) is 2.30. The zero-order valence-corrected chi connectivity index (χ0v) is 7.54. The molecule has 2 heterocycles. The van der Waals surface area contributed by atoms with E-state index in [1.807, 2.05) is 29.7 Å². The average Bonchev–Trinajstić information content (AvgIpc) is 2.35. The van der Waals surface area contributed by atoms with Crippen molar-refractivity contribution in [2.24, 2.45) is 0 Å². The van der Waals surface area contributed by atoms with E-state index in [0.717, 1.165) is 15.9 Å². The monoisotopic (exact) mass is 211 g/mol. The van der Waals surface area contributed by atoms with E-state index in [0.29, 0.717) is 0 Å². The lowest BCUT2D eigenvalue weighted by molar-refractivity contribution is 1.01. The molecule has 0 aromatic carbocycles. The van der Waals surface area contributed by atoms with Gasteiger partial charge in [-0.1, -0.05) is 0 Å². The van der Waals surface area contributed by atoms with Crippen LogP contribution in [0.5, 0.6) is 0 Å². The Balaban J connectivity index is 2.94. The number of hydrogen-bond donors (Lipinski definition) is 0. The quantitative estimate of drug-likeness (QED) is 0.666. The molecule has 0 spiro atoms. The third kappa shape index (κ3) is 0.939. The Kier molecular flexibility index (Phi) is 1.42. The van der Waals surface area contributed by atoms with Crippen molar-refractivity contribution < 1.29 is 0 Å². The highest BCUT2D eigenvalue weighted by molar-refractivity contribution is 9.10. The minimum Gasteiger partial charge on any atom is -0.286 e. The third-order valence-electron chi connectivity index (χ3n) is 1.56. The number of pyridine rings is 1. The SMILES string of the molecule is Cc1nnc2c(Br)cccn12. The number of nitrogens with zero attached hydrogens (tertiary/aromatic N) is 3. The van der Waals surface area contributed by atoms with Gasteiger partial charge in [0.25, 0.3) is 0 Å². The van der Waals surface area contributed by atoms with Crippen molar-refractivity contribution >= 4 is 21.6 Å². The highest BCUT2D eigenvalue weighted by atomic mass is 79.9. The van der Waals surface area contributed by atoms with E-state index in [-0.39, 0.29) is 0 Å². The summed E-state index contributed by atoms with van der Waals surface area (Å²) in [5, 5.41) is 7.92. The molecule has 2 rings (SSSR count). The normalized spacial score (nSPS) is 10.7. The largest absolute Gasteiger partial charge is 0.286 e. The first-order chi connectivity index (χ1) is 5.29. The minimum atomic E-state index is 0.866. The minimum absolute atomic E-state index is 0.866. The second-order valence-corrected chi connectivity index (χ2v) is 3.15. The molecule has 0 radical (unpaired) electrons. The maximum Gasteiger partial charge on any atom is 0.175 e. The molecule has 0 amide bonds. The number of fused-ring (bicyclic) bond motifs is 1. The number of halogens is 1. The van der Waals surface area contributed by atoms with Crippen molar-refractivity contribution in [3.63, 3.8) is 0 Å². The van der Waals surface area contributed by atoms with Gasteiger partial charge in [0.05, 0.1) is 4.47 Å². The fourth-order valence-corrected chi connectivity index (χ4v) is 1.42. The van der Waals surface area contributed by atoms with Crippen molar-refractivity contribution in [2.45, 2.75) is 6.92 Å². The van der Waals surface area contributed by atoms with Gasteiger partial charge in [-0.25, -0.2) is 0 Å². The summed E-state index contributed by atoms with van der Waals surface area (Å²) < 4.78 is 2.91. The predicted molar refractivity (Wildman–Crippen MR) is 45.4 cm³/mol. The summed E-state index contributed by atoms with van der Waals surface area (Å²) in [7, 11) is 0. The predicted octanol–water partition coefficient (Wildman–Crippen LogP) is 1.80. The lowest BCUT2D eigenvalue weighted by atomic mass is 10.5. The summed E-state index contributed by atoms with van der Waals surface area (Å²) in [6.45, 7) is 1.92. The molecule has 3 nitrogen and oxygen atoms in total. The standard InChI is InChI=1S/C7H6BrN3/c1-5-9-10-7-6(8)3-2-4-11(5)7/h2-4H,1H3. The van der Waals surface area contributed by atoms with Crippen LogP contribution in [0.2, 0.25) is 0 Å². The first-order valence-corrected chi connectivity index (χ1v) is 4.04. The molecule has 0 aliphatic carbocycles. The second kappa shape index (κ2) is 2.30. The van der Waals surface area contributed by atoms with Crippen molar-refractivity contribution in [3.05, 3.63) is 28.6 Å².